The summed E-state index contributed by atoms with van der Waals surface area (Å²) in [5.41, 5.74) is -5.29. The molecule has 24 heavy (non-hydrogen) atoms. The van der Waals surface area contributed by atoms with E-state index in [9.17, 15) is 40.2 Å². The van der Waals surface area contributed by atoms with E-state index in [1.54, 1.807) is 0 Å². The summed E-state index contributed by atoms with van der Waals surface area (Å²) >= 11 is 0. The van der Waals surface area contributed by atoms with E-state index < -0.39 is 41.9 Å². The summed E-state index contributed by atoms with van der Waals surface area (Å²) in [7, 11) is 0. The molecule has 0 heterocycles. The molecule has 2 saturated carbocycles. The molecule has 4 atom stereocenters. The highest BCUT2D eigenvalue weighted by Gasteiger charge is 2.72. The highest BCUT2D eigenvalue weighted by Crippen LogP contribution is 2.55. The smallest absolute Gasteiger partial charge is 0.375 e. The standard InChI is InChI=1S/C15H16F8O/c1-7(10-5-8-2-3-9(10)4-8)6-13(24,15(21,22)23)14(19,20)11(16)12(17)18/h8-10,24H,1-6H2. The number of hydrogen-bond acceptors (Lipinski definition) is 1. The molecule has 0 radical (unpaired) electrons. The third kappa shape index (κ3) is 2.95. The van der Waals surface area contributed by atoms with E-state index in [2.05, 4.69) is 6.58 Å². The number of aliphatic hydroxyl groups is 1. The summed E-state index contributed by atoms with van der Waals surface area (Å²) in [5.74, 6) is -9.66. The van der Waals surface area contributed by atoms with E-state index in [1.807, 2.05) is 0 Å². The van der Waals surface area contributed by atoms with Crippen LogP contribution in [0.15, 0.2) is 24.1 Å². The highest BCUT2D eigenvalue weighted by molar-refractivity contribution is 5.22. The molecule has 2 aliphatic carbocycles. The monoisotopic (exact) mass is 364 g/mol. The lowest BCUT2D eigenvalue weighted by molar-refractivity contribution is -0.325. The molecular formula is C15H16F8O. The molecule has 0 aromatic rings. The first-order chi connectivity index (χ1) is 10.8. The maximum atomic E-state index is 13.7. The normalized spacial score (nSPS) is 29.5. The van der Waals surface area contributed by atoms with Crippen molar-refractivity contribution in [2.45, 2.75) is 49.8 Å². The van der Waals surface area contributed by atoms with E-state index in [1.165, 1.54) is 0 Å². The van der Waals surface area contributed by atoms with Gasteiger partial charge in [-0.15, -0.1) is 0 Å². The molecule has 9 heteroatoms. The lowest BCUT2D eigenvalue weighted by Crippen LogP contribution is -2.59. The zero-order valence-corrected chi connectivity index (χ0v) is 12.4. The third-order valence-electron chi connectivity index (χ3n) is 5.18. The van der Waals surface area contributed by atoms with Gasteiger partial charge in [0.15, 0.2) is 0 Å². The Morgan fingerprint density at radius 2 is 1.58 bits per heavy atom. The summed E-state index contributed by atoms with van der Waals surface area (Å²) in [6, 6.07) is 0. The predicted octanol–water partition coefficient (Wildman–Crippen LogP) is 5.38. The third-order valence-corrected chi connectivity index (χ3v) is 5.18. The van der Waals surface area contributed by atoms with Gasteiger partial charge in [0.05, 0.1) is 0 Å². The first-order valence-electron chi connectivity index (χ1n) is 7.37. The fourth-order valence-corrected chi connectivity index (χ4v) is 3.89. The van der Waals surface area contributed by atoms with Gasteiger partial charge in [-0.3, -0.25) is 0 Å². The van der Waals surface area contributed by atoms with Crippen LogP contribution in [0, 0.1) is 17.8 Å². The fraction of sp³-hybridized carbons (Fsp3) is 0.733. The summed E-state index contributed by atoms with van der Waals surface area (Å²) in [6.45, 7) is 3.35. The number of hydrogen-bond donors (Lipinski definition) is 1. The second-order valence-corrected chi connectivity index (χ2v) is 6.62. The van der Waals surface area contributed by atoms with E-state index in [0.717, 1.165) is 12.8 Å². The SMILES string of the molecule is C=C(CC(O)(C(F)(F)F)C(F)(F)C(F)=C(F)F)C1CC2CCC1C2. The summed E-state index contributed by atoms with van der Waals surface area (Å²) in [4.78, 5) is 0. The molecule has 138 valence electrons. The second kappa shape index (κ2) is 6.00. The molecule has 0 amide bonds. The van der Waals surface area contributed by atoms with Gasteiger partial charge in [0.25, 0.3) is 0 Å². The van der Waals surface area contributed by atoms with Crippen LogP contribution in [0.4, 0.5) is 35.1 Å². The van der Waals surface area contributed by atoms with Gasteiger partial charge in [-0.05, 0) is 37.0 Å². The number of rotatable bonds is 5. The van der Waals surface area contributed by atoms with Crippen LogP contribution in [0.3, 0.4) is 0 Å². The van der Waals surface area contributed by atoms with Crippen LogP contribution in [-0.2, 0) is 0 Å². The lowest BCUT2D eigenvalue weighted by atomic mass is 9.77. The molecule has 2 aliphatic rings. The minimum Gasteiger partial charge on any atom is -0.375 e. The van der Waals surface area contributed by atoms with Gasteiger partial charge in [-0.1, -0.05) is 18.6 Å². The van der Waals surface area contributed by atoms with Gasteiger partial charge in [0, 0.05) is 6.42 Å². The van der Waals surface area contributed by atoms with Crippen LogP contribution in [0.1, 0.15) is 32.1 Å². The van der Waals surface area contributed by atoms with Crippen molar-refractivity contribution in [3.05, 3.63) is 24.1 Å². The van der Waals surface area contributed by atoms with Crippen molar-refractivity contribution < 1.29 is 40.2 Å². The topological polar surface area (TPSA) is 20.2 Å². The van der Waals surface area contributed by atoms with Gasteiger partial charge >= 0.3 is 18.2 Å². The van der Waals surface area contributed by atoms with E-state index in [-0.39, 0.29) is 17.4 Å². The molecule has 1 nitrogen and oxygen atoms in total. The maximum absolute atomic E-state index is 13.7. The van der Waals surface area contributed by atoms with E-state index >= 15 is 0 Å². The van der Waals surface area contributed by atoms with Crippen LogP contribution in [0.5, 0.6) is 0 Å². The van der Waals surface area contributed by atoms with Gasteiger partial charge in [-0.2, -0.15) is 35.1 Å². The molecule has 1 N–H and O–H groups in total. The zero-order chi connectivity index (χ0) is 18.5. The lowest BCUT2D eigenvalue weighted by Gasteiger charge is -2.38. The minimum absolute atomic E-state index is 0.0214. The van der Waals surface area contributed by atoms with Crippen LogP contribution in [-0.4, -0.2) is 22.8 Å². The average molecular weight is 364 g/mol. The van der Waals surface area contributed by atoms with Crippen LogP contribution >= 0.6 is 0 Å². The van der Waals surface area contributed by atoms with Crippen molar-refractivity contribution in [2.75, 3.05) is 0 Å². The maximum Gasteiger partial charge on any atom is 0.424 e. The Morgan fingerprint density at radius 1 is 1.00 bits per heavy atom. The predicted molar refractivity (Wildman–Crippen MR) is 69.0 cm³/mol. The van der Waals surface area contributed by atoms with Crippen LogP contribution < -0.4 is 0 Å². The summed E-state index contributed by atoms with van der Waals surface area (Å²) < 4.78 is 104. The van der Waals surface area contributed by atoms with Gasteiger partial charge in [-0.25, -0.2) is 0 Å². The van der Waals surface area contributed by atoms with Crippen molar-refractivity contribution >= 4 is 0 Å². The number of halogens is 8. The Kier molecular flexibility index (Phi) is 4.80. The van der Waals surface area contributed by atoms with Gasteiger partial charge in [0.2, 0.25) is 11.4 Å². The quantitative estimate of drug-likeness (QED) is 0.513. The highest BCUT2D eigenvalue weighted by atomic mass is 19.4. The summed E-state index contributed by atoms with van der Waals surface area (Å²) in [6.07, 6.45) is -8.56. The Bertz CT molecular complexity index is 548. The van der Waals surface area contributed by atoms with Gasteiger partial charge in [0.1, 0.15) is 0 Å². The Morgan fingerprint density at radius 3 is 1.96 bits per heavy atom. The molecule has 4 unspecified atom stereocenters. The molecule has 0 spiro atoms. The summed E-state index contributed by atoms with van der Waals surface area (Å²) in [5, 5.41) is 9.55. The molecule has 0 aliphatic heterocycles. The molecular weight excluding hydrogens is 348 g/mol. The van der Waals surface area contributed by atoms with Gasteiger partial charge < -0.3 is 5.11 Å². The molecule has 0 saturated heterocycles. The average Bonchev–Trinajstić information content (AvgIpc) is 3.07. The second-order valence-electron chi connectivity index (χ2n) is 6.62. The molecule has 0 aromatic heterocycles. The number of alkyl halides is 5. The fourth-order valence-electron chi connectivity index (χ4n) is 3.89. The zero-order valence-electron chi connectivity index (χ0n) is 12.4. The Labute approximate surface area is 133 Å². The van der Waals surface area contributed by atoms with Crippen LogP contribution in [0.25, 0.3) is 0 Å². The first-order valence-corrected chi connectivity index (χ1v) is 7.37. The van der Waals surface area contributed by atoms with Crippen LogP contribution in [0.2, 0.25) is 0 Å². The molecule has 2 fully saturated rings. The first kappa shape index (κ1) is 19.2. The van der Waals surface area contributed by atoms with E-state index in [0.29, 0.717) is 12.8 Å². The molecule has 2 rings (SSSR count). The number of fused-ring (bicyclic) bond motifs is 2. The van der Waals surface area contributed by atoms with Crippen molar-refractivity contribution in [1.82, 2.24) is 0 Å². The minimum atomic E-state index is -6.02. The van der Waals surface area contributed by atoms with Crippen molar-refractivity contribution in [3.63, 3.8) is 0 Å². The molecule has 2 bridgehead atoms. The van der Waals surface area contributed by atoms with Crippen molar-refractivity contribution in [3.8, 4) is 0 Å². The Hall–Kier alpha value is -1.12. The van der Waals surface area contributed by atoms with Crippen molar-refractivity contribution in [2.24, 2.45) is 17.8 Å². The largest absolute Gasteiger partial charge is 0.424 e. The molecule has 0 aromatic carbocycles. The Balaban J connectivity index is 2.32. The van der Waals surface area contributed by atoms with Crippen molar-refractivity contribution in [1.29, 1.82) is 0 Å². The van der Waals surface area contributed by atoms with E-state index in [4.69, 9.17) is 0 Å².